The van der Waals surface area contributed by atoms with Crippen molar-refractivity contribution < 1.29 is 14.3 Å². The van der Waals surface area contributed by atoms with Crippen LogP contribution in [0.5, 0.6) is 5.75 Å². The number of anilines is 1. The van der Waals surface area contributed by atoms with E-state index in [9.17, 15) is 4.79 Å². The van der Waals surface area contributed by atoms with E-state index in [1.165, 1.54) is 20.0 Å². The molecule has 1 aromatic carbocycles. The van der Waals surface area contributed by atoms with Crippen LogP contribution in [0.3, 0.4) is 0 Å². The van der Waals surface area contributed by atoms with Gasteiger partial charge in [0, 0.05) is 6.54 Å². The van der Waals surface area contributed by atoms with E-state index in [4.69, 9.17) is 10.5 Å². The second-order valence-corrected chi connectivity index (χ2v) is 4.64. The average molecular weight is 264 g/mol. The molecule has 0 atom stereocenters. The van der Waals surface area contributed by atoms with Gasteiger partial charge in [0.2, 0.25) is 0 Å². The van der Waals surface area contributed by atoms with Crippen LogP contribution in [0, 0.1) is 0 Å². The highest BCUT2D eigenvalue weighted by atomic mass is 16.5. The molecule has 0 aliphatic carbocycles. The van der Waals surface area contributed by atoms with Crippen LogP contribution in [0.1, 0.15) is 23.2 Å². The van der Waals surface area contributed by atoms with Gasteiger partial charge >= 0.3 is 5.97 Å². The predicted molar refractivity (Wildman–Crippen MR) is 73.4 cm³/mol. The van der Waals surface area contributed by atoms with E-state index >= 15 is 0 Å². The van der Waals surface area contributed by atoms with Gasteiger partial charge in [-0.3, -0.25) is 4.90 Å². The lowest BCUT2D eigenvalue weighted by Gasteiger charge is -2.15. The maximum absolute atomic E-state index is 11.3. The number of ether oxygens (including phenoxy) is 2. The van der Waals surface area contributed by atoms with Gasteiger partial charge < -0.3 is 15.2 Å². The highest BCUT2D eigenvalue weighted by Crippen LogP contribution is 2.23. The Morgan fingerprint density at radius 1 is 1.37 bits per heavy atom. The predicted octanol–water partition coefficient (Wildman–Crippen LogP) is 1.53. The molecule has 1 aliphatic heterocycles. The number of carbonyl (C=O) groups excluding carboxylic acids is 1. The van der Waals surface area contributed by atoms with Crippen molar-refractivity contribution in [1.29, 1.82) is 0 Å². The smallest absolute Gasteiger partial charge is 0.337 e. The summed E-state index contributed by atoms with van der Waals surface area (Å²) in [5.74, 6) is 0.224. The first kappa shape index (κ1) is 13.7. The number of nitrogens with zero attached hydrogens (tertiary/aromatic N) is 1. The number of nitrogen functional groups attached to an aromatic ring is 1. The first-order chi connectivity index (χ1) is 9.20. The van der Waals surface area contributed by atoms with Crippen molar-refractivity contribution >= 4 is 11.7 Å². The van der Waals surface area contributed by atoms with Crippen molar-refractivity contribution in [2.45, 2.75) is 12.8 Å². The summed E-state index contributed by atoms with van der Waals surface area (Å²) in [7, 11) is 1.35. The second kappa shape index (κ2) is 6.43. The third kappa shape index (κ3) is 3.61. The first-order valence-electron chi connectivity index (χ1n) is 6.53. The molecule has 0 unspecified atom stereocenters. The Morgan fingerprint density at radius 2 is 2.11 bits per heavy atom. The van der Waals surface area contributed by atoms with Gasteiger partial charge in [0.25, 0.3) is 0 Å². The summed E-state index contributed by atoms with van der Waals surface area (Å²) in [5.41, 5.74) is 6.76. The minimum Gasteiger partial charge on any atom is -0.490 e. The monoisotopic (exact) mass is 264 g/mol. The lowest BCUT2D eigenvalue weighted by Crippen LogP contribution is -2.25. The third-order valence-electron chi connectivity index (χ3n) is 3.29. The molecule has 2 rings (SSSR count). The number of nitrogens with two attached hydrogens (primary N) is 1. The number of methoxy groups -OCH3 is 1. The number of esters is 1. The molecule has 0 amide bonds. The van der Waals surface area contributed by atoms with E-state index in [2.05, 4.69) is 9.64 Å². The van der Waals surface area contributed by atoms with Crippen LogP contribution >= 0.6 is 0 Å². The Morgan fingerprint density at radius 3 is 2.74 bits per heavy atom. The van der Waals surface area contributed by atoms with Crippen LogP contribution in [0.25, 0.3) is 0 Å². The first-order valence-corrected chi connectivity index (χ1v) is 6.53. The van der Waals surface area contributed by atoms with Gasteiger partial charge in [0.1, 0.15) is 12.4 Å². The fourth-order valence-corrected chi connectivity index (χ4v) is 2.22. The van der Waals surface area contributed by atoms with Crippen molar-refractivity contribution in [3.8, 4) is 5.75 Å². The van der Waals surface area contributed by atoms with Crippen molar-refractivity contribution in [3.63, 3.8) is 0 Å². The molecule has 5 nitrogen and oxygen atoms in total. The second-order valence-electron chi connectivity index (χ2n) is 4.64. The summed E-state index contributed by atoms with van der Waals surface area (Å²) < 4.78 is 10.3. The molecule has 0 aromatic heterocycles. The Hall–Kier alpha value is -1.75. The minimum atomic E-state index is -0.393. The number of likely N-dealkylation sites (tertiary alicyclic amines) is 1. The molecule has 1 saturated heterocycles. The number of carbonyl (C=O) groups is 1. The van der Waals surface area contributed by atoms with E-state index in [-0.39, 0.29) is 0 Å². The van der Waals surface area contributed by atoms with Crippen LogP contribution in [-0.4, -0.2) is 44.2 Å². The zero-order chi connectivity index (χ0) is 13.7. The molecule has 0 saturated carbocycles. The summed E-state index contributed by atoms with van der Waals surface area (Å²) >= 11 is 0. The summed E-state index contributed by atoms with van der Waals surface area (Å²) in [4.78, 5) is 13.7. The van der Waals surface area contributed by atoms with Gasteiger partial charge in [-0.2, -0.15) is 0 Å². The van der Waals surface area contributed by atoms with Crippen molar-refractivity contribution in [2.24, 2.45) is 0 Å². The maximum atomic E-state index is 11.3. The minimum absolute atomic E-state index is 0.393. The molecule has 0 spiro atoms. The lowest BCUT2D eigenvalue weighted by molar-refractivity contribution is 0.0601. The van der Waals surface area contributed by atoms with Crippen molar-refractivity contribution in [3.05, 3.63) is 23.8 Å². The van der Waals surface area contributed by atoms with Gasteiger partial charge in [-0.25, -0.2) is 4.79 Å². The fraction of sp³-hybridized carbons (Fsp3) is 0.500. The maximum Gasteiger partial charge on any atom is 0.337 e. The van der Waals surface area contributed by atoms with Crippen molar-refractivity contribution in [2.75, 3.05) is 39.1 Å². The van der Waals surface area contributed by atoms with E-state index in [1.54, 1.807) is 18.2 Å². The number of rotatable bonds is 5. The molecule has 1 fully saturated rings. The van der Waals surface area contributed by atoms with Crippen LogP contribution in [-0.2, 0) is 4.74 Å². The topological polar surface area (TPSA) is 64.8 Å². The molecule has 104 valence electrons. The lowest BCUT2D eigenvalue weighted by atomic mass is 10.2. The molecular weight excluding hydrogens is 244 g/mol. The Balaban J connectivity index is 1.87. The molecule has 0 bridgehead atoms. The van der Waals surface area contributed by atoms with E-state index in [1.807, 2.05) is 0 Å². The summed E-state index contributed by atoms with van der Waals surface area (Å²) in [6, 6.07) is 4.95. The van der Waals surface area contributed by atoms with Crippen LogP contribution in [0.15, 0.2) is 18.2 Å². The standard InChI is InChI=1S/C14H20N2O3/c1-18-14(17)11-4-5-13(12(15)10-11)19-9-8-16-6-2-3-7-16/h4-5,10H,2-3,6-9,15H2,1H3. The quantitative estimate of drug-likeness (QED) is 0.645. The van der Waals surface area contributed by atoms with Gasteiger partial charge in [-0.15, -0.1) is 0 Å². The normalized spacial score (nSPS) is 15.4. The zero-order valence-corrected chi connectivity index (χ0v) is 11.2. The molecule has 1 heterocycles. The molecule has 1 aromatic rings. The largest absolute Gasteiger partial charge is 0.490 e. The summed E-state index contributed by atoms with van der Waals surface area (Å²) in [5, 5.41) is 0. The molecule has 2 N–H and O–H groups in total. The number of benzene rings is 1. The van der Waals surface area contributed by atoms with Crippen molar-refractivity contribution in [1.82, 2.24) is 4.90 Å². The highest BCUT2D eigenvalue weighted by molar-refractivity contribution is 5.90. The van der Waals surface area contributed by atoms with E-state index < -0.39 is 5.97 Å². The molecule has 5 heteroatoms. The van der Waals surface area contributed by atoms with Crippen LogP contribution in [0.2, 0.25) is 0 Å². The number of hydrogen-bond acceptors (Lipinski definition) is 5. The molecule has 19 heavy (non-hydrogen) atoms. The Kier molecular flexibility index (Phi) is 4.63. The van der Waals surface area contributed by atoms with Crippen LogP contribution in [0.4, 0.5) is 5.69 Å². The SMILES string of the molecule is COC(=O)c1ccc(OCCN2CCCC2)c(N)c1. The summed E-state index contributed by atoms with van der Waals surface area (Å²) in [6.45, 7) is 3.83. The Bertz CT molecular complexity index is 442. The Labute approximate surface area is 113 Å². The van der Waals surface area contributed by atoms with Gasteiger partial charge in [0.05, 0.1) is 18.4 Å². The third-order valence-corrected chi connectivity index (χ3v) is 3.29. The molecule has 1 aliphatic rings. The van der Waals surface area contributed by atoms with Gasteiger partial charge in [0.15, 0.2) is 0 Å². The summed E-state index contributed by atoms with van der Waals surface area (Å²) in [6.07, 6.45) is 2.55. The van der Waals surface area contributed by atoms with Gasteiger partial charge in [-0.05, 0) is 44.1 Å². The van der Waals surface area contributed by atoms with E-state index in [0.717, 1.165) is 19.6 Å². The fourth-order valence-electron chi connectivity index (χ4n) is 2.22. The van der Waals surface area contributed by atoms with Gasteiger partial charge in [-0.1, -0.05) is 0 Å². The molecule has 0 radical (unpaired) electrons. The molecular formula is C14H20N2O3. The van der Waals surface area contributed by atoms with Crippen LogP contribution < -0.4 is 10.5 Å². The van der Waals surface area contributed by atoms with E-state index in [0.29, 0.717) is 23.6 Å². The number of hydrogen-bond donors (Lipinski definition) is 1. The average Bonchev–Trinajstić information content (AvgIpc) is 2.93. The zero-order valence-electron chi connectivity index (χ0n) is 11.2. The highest BCUT2D eigenvalue weighted by Gasteiger charge is 2.12.